The van der Waals surface area contributed by atoms with Crippen molar-refractivity contribution in [3.63, 3.8) is 0 Å². The van der Waals surface area contributed by atoms with Crippen molar-refractivity contribution in [1.82, 2.24) is 0 Å². The number of nitro benzene ring substituents is 1. The molecule has 2 rings (SSSR count). The maximum absolute atomic E-state index is 11.0. The zero-order chi connectivity index (χ0) is 15.2. The Morgan fingerprint density at radius 3 is 2.71 bits per heavy atom. The van der Waals surface area contributed by atoms with E-state index in [0.717, 1.165) is 5.56 Å². The zero-order valence-corrected chi connectivity index (χ0v) is 11.6. The molecule has 0 atom stereocenters. The molecule has 0 saturated heterocycles. The van der Waals surface area contributed by atoms with Crippen LogP contribution in [0.15, 0.2) is 42.5 Å². The fourth-order valence-electron chi connectivity index (χ4n) is 2.04. The first-order valence-electron chi connectivity index (χ1n) is 6.42. The molecule has 0 heterocycles. The standard InChI is InChI=1S/C15H16N2O4/c1-16-15-12(5-3-7-14(15)17(19)20)10-21-13-6-2-4-11(8-13)9-18/h2-8,16,18H,9-10H2,1H3. The summed E-state index contributed by atoms with van der Waals surface area (Å²) in [4.78, 5) is 10.6. The highest BCUT2D eigenvalue weighted by Crippen LogP contribution is 2.28. The number of benzene rings is 2. The number of aliphatic hydroxyl groups is 1. The van der Waals surface area contributed by atoms with Gasteiger partial charge in [0.1, 0.15) is 18.0 Å². The SMILES string of the molecule is CNc1c(COc2cccc(CO)c2)cccc1[N+](=O)[O-]. The molecule has 2 aromatic carbocycles. The number of para-hydroxylation sites is 1. The maximum atomic E-state index is 11.0. The van der Waals surface area contributed by atoms with Crippen molar-refractivity contribution < 1.29 is 14.8 Å². The fourth-order valence-corrected chi connectivity index (χ4v) is 2.04. The second-order valence-corrected chi connectivity index (χ2v) is 4.41. The van der Waals surface area contributed by atoms with E-state index < -0.39 is 4.92 Å². The fraction of sp³-hybridized carbons (Fsp3) is 0.200. The van der Waals surface area contributed by atoms with Crippen LogP contribution >= 0.6 is 0 Å². The van der Waals surface area contributed by atoms with Crippen LogP contribution in [0.2, 0.25) is 0 Å². The van der Waals surface area contributed by atoms with Crippen molar-refractivity contribution in [2.24, 2.45) is 0 Å². The molecule has 0 saturated carbocycles. The van der Waals surface area contributed by atoms with Crippen LogP contribution in [0.5, 0.6) is 5.75 Å². The molecule has 2 N–H and O–H groups in total. The molecule has 21 heavy (non-hydrogen) atoms. The third-order valence-electron chi connectivity index (χ3n) is 3.05. The normalized spacial score (nSPS) is 10.2. The van der Waals surface area contributed by atoms with Crippen molar-refractivity contribution in [2.75, 3.05) is 12.4 Å². The second-order valence-electron chi connectivity index (χ2n) is 4.41. The van der Waals surface area contributed by atoms with Crippen molar-refractivity contribution in [2.45, 2.75) is 13.2 Å². The third-order valence-corrected chi connectivity index (χ3v) is 3.05. The molecule has 0 aromatic heterocycles. The van der Waals surface area contributed by atoms with Gasteiger partial charge in [-0.05, 0) is 17.7 Å². The lowest BCUT2D eigenvalue weighted by Crippen LogP contribution is -2.04. The van der Waals surface area contributed by atoms with Crippen LogP contribution in [-0.2, 0) is 13.2 Å². The van der Waals surface area contributed by atoms with E-state index in [4.69, 9.17) is 9.84 Å². The molecule has 6 nitrogen and oxygen atoms in total. The van der Waals surface area contributed by atoms with E-state index in [-0.39, 0.29) is 18.9 Å². The highest BCUT2D eigenvalue weighted by atomic mass is 16.6. The van der Waals surface area contributed by atoms with Gasteiger partial charge < -0.3 is 15.2 Å². The molecule has 0 aliphatic heterocycles. The Kier molecular flexibility index (Phi) is 4.73. The predicted molar refractivity (Wildman–Crippen MR) is 79.3 cm³/mol. The molecular formula is C15H16N2O4. The number of nitrogens with zero attached hydrogens (tertiary/aromatic N) is 1. The van der Waals surface area contributed by atoms with E-state index in [1.807, 2.05) is 0 Å². The van der Waals surface area contributed by atoms with Gasteiger partial charge in [-0.15, -0.1) is 0 Å². The number of anilines is 1. The molecule has 0 bridgehead atoms. The molecule has 0 amide bonds. The molecule has 0 radical (unpaired) electrons. The lowest BCUT2D eigenvalue weighted by molar-refractivity contribution is -0.384. The third kappa shape index (κ3) is 3.49. The highest BCUT2D eigenvalue weighted by molar-refractivity contribution is 5.65. The van der Waals surface area contributed by atoms with Crippen LogP contribution in [0.4, 0.5) is 11.4 Å². The zero-order valence-electron chi connectivity index (χ0n) is 11.6. The topological polar surface area (TPSA) is 84.6 Å². The monoisotopic (exact) mass is 288 g/mol. The van der Waals surface area contributed by atoms with Gasteiger partial charge in [0.2, 0.25) is 0 Å². The summed E-state index contributed by atoms with van der Waals surface area (Å²) in [6, 6.07) is 11.9. The lowest BCUT2D eigenvalue weighted by Gasteiger charge is -2.11. The van der Waals surface area contributed by atoms with Crippen LogP contribution < -0.4 is 10.1 Å². The van der Waals surface area contributed by atoms with Crippen LogP contribution in [0, 0.1) is 10.1 Å². The van der Waals surface area contributed by atoms with E-state index in [0.29, 0.717) is 17.0 Å². The van der Waals surface area contributed by atoms with Gasteiger partial charge in [0.05, 0.1) is 11.5 Å². The Morgan fingerprint density at radius 2 is 2.05 bits per heavy atom. The van der Waals surface area contributed by atoms with Crippen molar-refractivity contribution in [1.29, 1.82) is 0 Å². The Hall–Kier alpha value is -2.60. The molecule has 0 fully saturated rings. The Bertz CT molecular complexity index is 643. The largest absolute Gasteiger partial charge is 0.489 e. The van der Waals surface area contributed by atoms with Gasteiger partial charge in [-0.1, -0.05) is 24.3 Å². The van der Waals surface area contributed by atoms with E-state index in [1.165, 1.54) is 6.07 Å². The first-order valence-corrected chi connectivity index (χ1v) is 6.42. The number of aliphatic hydroxyl groups excluding tert-OH is 1. The molecular weight excluding hydrogens is 272 g/mol. The van der Waals surface area contributed by atoms with E-state index in [2.05, 4.69) is 5.32 Å². The summed E-state index contributed by atoms with van der Waals surface area (Å²) < 4.78 is 5.64. The highest BCUT2D eigenvalue weighted by Gasteiger charge is 2.16. The average molecular weight is 288 g/mol. The molecule has 0 aliphatic rings. The molecule has 0 unspecified atom stereocenters. The molecule has 0 spiro atoms. The van der Waals surface area contributed by atoms with Crippen LogP contribution in [-0.4, -0.2) is 17.1 Å². The molecule has 6 heteroatoms. The van der Waals surface area contributed by atoms with Crippen molar-refractivity contribution in [3.05, 3.63) is 63.7 Å². The number of ether oxygens (including phenoxy) is 1. The lowest BCUT2D eigenvalue weighted by atomic mass is 10.1. The smallest absolute Gasteiger partial charge is 0.292 e. The van der Waals surface area contributed by atoms with Gasteiger partial charge in [-0.25, -0.2) is 0 Å². The van der Waals surface area contributed by atoms with Crippen LogP contribution in [0.25, 0.3) is 0 Å². The summed E-state index contributed by atoms with van der Waals surface area (Å²) in [6.45, 7) is 0.141. The molecule has 0 aliphatic carbocycles. The predicted octanol–water partition coefficient (Wildman–Crippen LogP) is 2.71. The average Bonchev–Trinajstić information content (AvgIpc) is 2.52. The molecule has 110 valence electrons. The van der Waals surface area contributed by atoms with Crippen molar-refractivity contribution >= 4 is 11.4 Å². The minimum absolute atomic E-state index is 0.0164. The van der Waals surface area contributed by atoms with Gasteiger partial charge in [0.25, 0.3) is 5.69 Å². The number of rotatable bonds is 6. The molecule has 2 aromatic rings. The van der Waals surface area contributed by atoms with E-state index in [9.17, 15) is 10.1 Å². The number of nitrogens with one attached hydrogen (secondary N) is 1. The van der Waals surface area contributed by atoms with Crippen molar-refractivity contribution in [3.8, 4) is 5.75 Å². The summed E-state index contributed by atoms with van der Waals surface area (Å²) in [6.07, 6.45) is 0. The Labute approximate surface area is 122 Å². The number of nitro groups is 1. The minimum atomic E-state index is -0.429. The van der Waals surface area contributed by atoms with Gasteiger partial charge >= 0.3 is 0 Å². The van der Waals surface area contributed by atoms with Gasteiger partial charge in [-0.2, -0.15) is 0 Å². The first kappa shape index (κ1) is 14.8. The van der Waals surface area contributed by atoms with Crippen LogP contribution in [0.3, 0.4) is 0 Å². The maximum Gasteiger partial charge on any atom is 0.292 e. The van der Waals surface area contributed by atoms with E-state index >= 15 is 0 Å². The van der Waals surface area contributed by atoms with Crippen LogP contribution in [0.1, 0.15) is 11.1 Å². The number of hydrogen-bond acceptors (Lipinski definition) is 5. The van der Waals surface area contributed by atoms with Gasteiger partial charge in [-0.3, -0.25) is 10.1 Å². The summed E-state index contributed by atoms with van der Waals surface area (Å²) >= 11 is 0. The summed E-state index contributed by atoms with van der Waals surface area (Å²) in [5.41, 5.74) is 1.91. The summed E-state index contributed by atoms with van der Waals surface area (Å²) in [5, 5.41) is 22.9. The summed E-state index contributed by atoms with van der Waals surface area (Å²) in [5.74, 6) is 0.607. The quantitative estimate of drug-likeness (QED) is 0.630. The Morgan fingerprint density at radius 1 is 1.29 bits per heavy atom. The van der Waals surface area contributed by atoms with Gasteiger partial charge in [0, 0.05) is 18.7 Å². The van der Waals surface area contributed by atoms with Gasteiger partial charge in [0.15, 0.2) is 0 Å². The summed E-state index contributed by atoms with van der Waals surface area (Å²) in [7, 11) is 1.64. The van der Waals surface area contributed by atoms with E-state index in [1.54, 1.807) is 43.4 Å². The minimum Gasteiger partial charge on any atom is -0.489 e. The number of hydrogen-bond donors (Lipinski definition) is 2. The first-order chi connectivity index (χ1) is 10.2. The Balaban J connectivity index is 2.19. The second kappa shape index (κ2) is 6.71.